The molecule has 2 amide bonds. The molecule has 0 spiro atoms. The monoisotopic (exact) mass is 932 g/mol. The number of hydrogen-bond acceptors (Lipinski definition) is 10. The van der Waals surface area contributed by atoms with Crippen LogP contribution in [0, 0.1) is 46.3 Å². The summed E-state index contributed by atoms with van der Waals surface area (Å²) in [5, 5.41) is 22.5. The van der Waals surface area contributed by atoms with Gasteiger partial charge in [0.2, 0.25) is 11.8 Å². The van der Waals surface area contributed by atoms with E-state index in [0.29, 0.717) is 21.5 Å². The Hall–Kier alpha value is -4.54. The summed E-state index contributed by atoms with van der Waals surface area (Å²) in [4.78, 5) is 25.3. The first-order chi connectivity index (χ1) is 28.6. The second-order valence-electron chi connectivity index (χ2n) is 14.2. The molecule has 6 rings (SSSR count). The Morgan fingerprint density at radius 2 is 0.917 bits per heavy atom. The second kappa shape index (κ2) is 21.3. The number of carbonyl (C=O) groups excluding carboxylic acids is 2. The van der Waals surface area contributed by atoms with Gasteiger partial charge in [-0.1, -0.05) is 70.7 Å². The van der Waals surface area contributed by atoms with Gasteiger partial charge in [-0.3, -0.25) is 9.59 Å². The van der Waals surface area contributed by atoms with Crippen molar-refractivity contribution in [3.63, 3.8) is 0 Å². The molecule has 4 aromatic carbocycles. The molecule has 2 aliphatic rings. The number of nitrogens with one attached hydrogen (secondary N) is 2. The summed E-state index contributed by atoms with van der Waals surface area (Å²) in [6, 6.07) is 29.9. The van der Waals surface area contributed by atoms with Crippen LogP contribution in [0.1, 0.15) is 25.7 Å². The van der Waals surface area contributed by atoms with Gasteiger partial charge in [0, 0.05) is 33.7 Å². The number of benzene rings is 4. The molecule has 0 radical (unpaired) electrons. The van der Waals surface area contributed by atoms with Crippen LogP contribution >= 0.6 is 46.4 Å². The quantitative estimate of drug-likeness (QED) is 0.118. The van der Waals surface area contributed by atoms with E-state index in [9.17, 15) is 26.4 Å². The van der Waals surface area contributed by atoms with E-state index in [2.05, 4.69) is 10.6 Å². The lowest BCUT2D eigenvalue weighted by Gasteiger charge is -2.18. The molecule has 6 atom stereocenters. The number of hydrogen-bond donors (Lipinski definition) is 2. The molecule has 0 heterocycles. The highest BCUT2D eigenvalue weighted by Gasteiger charge is 2.46. The van der Waals surface area contributed by atoms with Crippen molar-refractivity contribution in [2.24, 2.45) is 23.7 Å². The van der Waals surface area contributed by atoms with E-state index in [1.54, 1.807) is 72.8 Å². The number of ether oxygens (including phenoxy) is 2. The summed E-state index contributed by atoms with van der Waals surface area (Å²) in [6.45, 7) is 0.0612. The lowest BCUT2D eigenvalue weighted by molar-refractivity contribution is -0.126. The molecule has 4 aromatic rings. The van der Waals surface area contributed by atoms with Crippen molar-refractivity contribution in [3.05, 3.63) is 117 Å². The normalized spacial score (nSPS) is 21.0. The van der Waals surface area contributed by atoms with Crippen molar-refractivity contribution < 1.29 is 35.9 Å². The van der Waals surface area contributed by atoms with Crippen molar-refractivity contribution >= 4 is 77.9 Å². The summed E-state index contributed by atoms with van der Waals surface area (Å²) in [7, 11) is -7.46. The number of halogens is 4. The topological polar surface area (TPSA) is 193 Å². The first-order valence-electron chi connectivity index (χ1n) is 18.7. The van der Waals surface area contributed by atoms with Crippen LogP contribution in [-0.4, -0.2) is 65.5 Å². The fourth-order valence-electron chi connectivity index (χ4n) is 7.36. The van der Waals surface area contributed by atoms with Gasteiger partial charge in [-0.2, -0.15) is 10.5 Å². The van der Waals surface area contributed by atoms with Crippen LogP contribution in [-0.2, 0) is 29.3 Å². The Morgan fingerprint density at radius 3 is 1.25 bits per heavy atom. The first kappa shape index (κ1) is 46.5. The molecule has 2 aliphatic carbocycles. The molecule has 0 unspecified atom stereocenters. The lowest BCUT2D eigenvalue weighted by Crippen LogP contribution is -2.34. The molecule has 0 aromatic heterocycles. The summed E-state index contributed by atoms with van der Waals surface area (Å²) >= 11 is 24.0. The van der Waals surface area contributed by atoms with E-state index in [4.69, 9.17) is 66.4 Å². The average Bonchev–Trinajstić information content (AvgIpc) is 3.88. The Bertz CT molecular complexity index is 2270. The largest absolute Gasteiger partial charge is 0.493 e. The summed E-state index contributed by atoms with van der Waals surface area (Å²) in [5.41, 5.74) is 0. The Balaban J connectivity index is 0.000000228. The minimum Gasteiger partial charge on any atom is -0.493 e. The van der Waals surface area contributed by atoms with E-state index in [-0.39, 0.29) is 95.5 Å². The zero-order valence-corrected chi connectivity index (χ0v) is 36.5. The first-order valence-corrected chi connectivity index (χ1v) is 23.3. The van der Waals surface area contributed by atoms with Gasteiger partial charge in [0.15, 0.2) is 19.7 Å². The number of nitrogens with zero attached hydrogens (tertiary/aromatic N) is 2. The smallest absolute Gasteiger partial charge is 0.224 e. The van der Waals surface area contributed by atoms with Gasteiger partial charge in [0.25, 0.3) is 0 Å². The highest BCUT2D eigenvalue weighted by Crippen LogP contribution is 2.42. The molecule has 0 aliphatic heterocycles. The zero-order valence-electron chi connectivity index (χ0n) is 31.8. The maximum absolute atomic E-state index is 13.2. The third-order valence-electron chi connectivity index (χ3n) is 10.4. The van der Waals surface area contributed by atoms with Crippen LogP contribution < -0.4 is 20.1 Å². The predicted octanol–water partition coefficient (Wildman–Crippen LogP) is 7.76. The third-order valence-corrected chi connectivity index (χ3v) is 16.2. The van der Waals surface area contributed by atoms with Crippen molar-refractivity contribution in [1.29, 1.82) is 10.5 Å². The van der Waals surface area contributed by atoms with Crippen LogP contribution in [0.25, 0.3) is 0 Å². The standard InChI is InChI=1S/2C21H20Cl2N2O4S/c2*22-15-5-7-16(8-6-15)29-13-14-11-17(12-18(14)21(26)25-10-9-24)30(27,28)20-4-2-1-3-19(20)23/h2*1-8,14,17-18H,10-13H2,(H,25,26)/t14-,17+,18+;14-,17-,18+/m00/s1. The number of sulfone groups is 2. The molecule has 2 N–H and O–H groups in total. The fraction of sp³-hybridized carbons (Fsp3) is 0.333. The maximum Gasteiger partial charge on any atom is 0.224 e. The number of amides is 2. The van der Waals surface area contributed by atoms with Crippen LogP contribution in [0.2, 0.25) is 20.1 Å². The minimum absolute atomic E-state index is 0.0621. The maximum atomic E-state index is 13.2. The molecular weight excluding hydrogens is 894 g/mol. The van der Waals surface area contributed by atoms with Crippen molar-refractivity contribution in [2.45, 2.75) is 46.0 Å². The van der Waals surface area contributed by atoms with Gasteiger partial charge in [-0.25, -0.2) is 16.8 Å². The molecule has 0 saturated heterocycles. The SMILES string of the molecule is N#CCNC(=O)[C@@H]1C[C@@H](S(=O)(=O)c2ccccc2Cl)C[C@H]1COc1ccc(Cl)cc1.N#CCNC(=O)[C@@H]1C[C@H](S(=O)(=O)c2ccccc2Cl)C[C@H]1COc1ccc(Cl)cc1. The van der Waals surface area contributed by atoms with E-state index in [1.807, 2.05) is 12.1 Å². The van der Waals surface area contributed by atoms with Crippen molar-refractivity contribution in [2.75, 3.05) is 26.3 Å². The number of nitriles is 2. The fourth-order valence-corrected chi connectivity index (χ4v) is 12.4. The molecule has 18 heteroatoms. The average molecular weight is 935 g/mol. The van der Waals surface area contributed by atoms with Gasteiger partial charge in [-0.15, -0.1) is 0 Å². The molecule has 0 bridgehead atoms. The van der Waals surface area contributed by atoms with Crippen molar-refractivity contribution in [1.82, 2.24) is 10.6 Å². The van der Waals surface area contributed by atoms with E-state index >= 15 is 0 Å². The van der Waals surface area contributed by atoms with E-state index in [0.717, 1.165) is 0 Å². The highest BCUT2D eigenvalue weighted by molar-refractivity contribution is 7.92. The van der Waals surface area contributed by atoms with E-state index < -0.39 is 42.0 Å². The molecule has 316 valence electrons. The molecule has 2 fully saturated rings. The Morgan fingerprint density at radius 1 is 0.567 bits per heavy atom. The van der Waals surface area contributed by atoms with Crippen LogP contribution in [0.4, 0.5) is 0 Å². The molecule has 12 nitrogen and oxygen atoms in total. The molecule has 2 saturated carbocycles. The number of carbonyl (C=O) groups is 2. The van der Waals surface area contributed by atoms with Gasteiger partial charge in [-0.05, 0) is 98.5 Å². The van der Waals surface area contributed by atoms with Crippen LogP contribution in [0.15, 0.2) is 107 Å². The van der Waals surface area contributed by atoms with Gasteiger partial charge < -0.3 is 20.1 Å². The lowest BCUT2D eigenvalue weighted by atomic mass is 9.96. The number of rotatable bonds is 14. The minimum atomic E-state index is -3.73. The van der Waals surface area contributed by atoms with Gasteiger partial charge >= 0.3 is 0 Å². The van der Waals surface area contributed by atoms with Crippen LogP contribution in [0.5, 0.6) is 11.5 Å². The zero-order chi connectivity index (χ0) is 43.5. The molecule has 60 heavy (non-hydrogen) atoms. The molecular formula is C42H40Cl4N4O8S2. The summed E-state index contributed by atoms with van der Waals surface area (Å²) < 4.78 is 64.3. The van der Waals surface area contributed by atoms with Gasteiger partial charge in [0.05, 0.1) is 55.7 Å². The highest BCUT2D eigenvalue weighted by atomic mass is 35.5. The third kappa shape index (κ3) is 11.8. The summed E-state index contributed by atoms with van der Waals surface area (Å²) in [5.74, 6) is -1.39. The Kier molecular flexibility index (Phi) is 16.5. The van der Waals surface area contributed by atoms with Crippen molar-refractivity contribution in [3.8, 4) is 23.6 Å². The Labute approximate surface area is 369 Å². The van der Waals surface area contributed by atoms with Gasteiger partial charge in [0.1, 0.15) is 24.6 Å². The van der Waals surface area contributed by atoms with E-state index in [1.165, 1.54) is 24.3 Å². The second-order valence-corrected chi connectivity index (χ2v) is 20.2. The summed E-state index contributed by atoms with van der Waals surface area (Å²) in [6.07, 6.45) is 0.788. The van der Waals surface area contributed by atoms with Crippen LogP contribution in [0.3, 0.4) is 0 Å². The predicted molar refractivity (Wildman–Crippen MR) is 228 cm³/mol.